The fourth-order valence-electron chi connectivity index (χ4n) is 1.54. The number of carbonyl (C=O) groups is 1. The number of rotatable bonds is 4. The molecule has 0 aliphatic carbocycles. The Morgan fingerprint density at radius 3 is 2.95 bits per heavy atom. The van der Waals surface area contributed by atoms with Crippen LogP contribution in [0.15, 0.2) is 22.7 Å². The van der Waals surface area contributed by atoms with Crippen molar-refractivity contribution in [2.45, 2.75) is 26.2 Å². The third-order valence-electron chi connectivity index (χ3n) is 2.84. The lowest BCUT2D eigenvalue weighted by Crippen LogP contribution is -2.04. The van der Waals surface area contributed by atoms with Crippen LogP contribution < -0.4 is 0 Å². The maximum Gasteiger partial charge on any atom is 0.236 e. The second-order valence-corrected chi connectivity index (χ2v) is 4.68. The topological polar surface area (TPSA) is 56.0 Å². The van der Waals surface area contributed by atoms with Crippen LogP contribution in [0.4, 0.5) is 4.39 Å². The lowest BCUT2D eigenvalue weighted by atomic mass is 10.1. The van der Waals surface area contributed by atoms with Crippen LogP contribution >= 0.6 is 11.6 Å². The van der Waals surface area contributed by atoms with Gasteiger partial charge in [-0.1, -0.05) is 28.9 Å². The molecule has 1 heterocycles. The monoisotopic (exact) mass is 282 g/mol. The molecule has 0 radical (unpaired) electrons. The lowest BCUT2D eigenvalue weighted by Gasteiger charge is -2.01. The molecule has 4 nitrogen and oxygen atoms in total. The molecule has 6 heteroatoms. The molecule has 0 bridgehead atoms. The lowest BCUT2D eigenvalue weighted by molar-refractivity contribution is -0.118. The molecular weight excluding hydrogens is 271 g/mol. The second kappa shape index (κ2) is 5.48. The first-order valence-electron chi connectivity index (χ1n) is 5.75. The molecule has 0 saturated carbocycles. The Balaban J connectivity index is 2.20. The van der Waals surface area contributed by atoms with Gasteiger partial charge in [0.1, 0.15) is 11.6 Å². The van der Waals surface area contributed by atoms with Gasteiger partial charge in [-0.25, -0.2) is 4.39 Å². The van der Waals surface area contributed by atoms with Crippen LogP contribution in [0, 0.1) is 5.82 Å². The van der Waals surface area contributed by atoms with Crippen molar-refractivity contribution < 1.29 is 13.7 Å². The van der Waals surface area contributed by atoms with Crippen molar-refractivity contribution >= 4 is 17.4 Å². The zero-order chi connectivity index (χ0) is 14.0. The first-order valence-corrected chi connectivity index (χ1v) is 6.12. The molecule has 1 atom stereocenters. The highest BCUT2D eigenvalue weighted by molar-refractivity contribution is 6.30. The Hall–Kier alpha value is -1.75. The van der Waals surface area contributed by atoms with Crippen LogP contribution in [-0.2, 0) is 11.2 Å². The maximum absolute atomic E-state index is 13.7. The number of halogens is 2. The SMILES string of the molecule is CC(=O)C(C)c1nc(Cc2cccc(Cl)c2F)no1. The van der Waals surface area contributed by atoms with Gasteiger partial charge in [0, 0.05) is 6.42 Å². The van der Waals surface area contributed by atoms with Crippen molar-refractivity contribution in [3.05, 3.63) is 46.3 Å². The summed E-state index contributed by atoms with van der Waals surface area (Å²) in [7, 11) is 0. The van der Waals surface area contributed by atoms with Gasteiger partial charge in [-0.2, -0.15) is 4.98 Å². The summed E-state index contributed by atoms with van der Waals surface area (Å²) in [5.74, 6) is -0.445. The Bertz CT molecular complexity index is 612. The maximum atomic E-state index is 13.7. The number of ketones is 1. The average molecular weight is 283 g/mol. The predicted octanol–water partition coefficient (Wildman–Crippen LogP) is 3.15. The number of Topliss-reactive ketones (excluding diaryl/α,β-unsaturated/α-hetero) is 1. The van der Waals surface area contributed by atoms with E-state index in [1.807, 2.05) is 0 Å². The quantitative estimate of drug-likeness (QED) is 0.864. The molecule has 0 amide bonds. The van der Waals surface area contributed by atoms with Gasteiger partial charge in [0.2, 0.25) is 5.89 Å². The Morgan fingerprint density at radius 2 is 2.26 bits per heavy atom. The molecule has 2 aromatic rings. The summed E-state index contributed by atoms with van der Waals surface area (Å²) in [5.41, 5.74) is 0.385. The largest absolute Gasteiger partial charge is 0.339 e. The summed E-state index contributed by atoms with van der Waals surface area (Å²) < 4.78 is 18.7. The molecule has 0 aliphatic heterocycles. The zero-order valence-corrected chi connectivity index (χ0v) is 11.2. The number of benzene rings is 1. The van der Waals surface area contributed by atoms with Gasteiger partial charge in [-0.05, 0) is 25.5 Å². The van der Waals surface area contributed by atoms with E-state index in [2.05, 4.69) is 10.1 Å². The number of hydrogen-bond acceptors (Lipinski definition) is 4. The van der Waals surface area contributed by atoms with Crippen molar-refractivity contribution in [2.75, 3.05) is 0 Å². The molecule has 100 valence electrons. The van der Waals surface area contributed by atoms with Gasteiger partial charge in [-0.15, -0.1) is 0 Å². The number of nitrogens with zero attached hydrogens (tertiary/aromatic N) is 2. The van der Waals surface area contributed by atoms with Crippen LogP contribution in [0.2, 0.25) is 5.02 Å². The molecule has 19 heavy (non-hydrogen) atoms. The van der Waals surface area contributed by atoms with Gasteiger partial charge in [-0.3, -0.25) is 4.79 Å². The molecule has 1 aromatic heterocycles. The molecule has 1 aromatic carbocycles. The minimum atomic E-state index is -0.491. The van der Waals surface area contributed by atoms with E-state index >= 15 is 0 Å². The number of hydrogen-bond donors (Lipinski definition) is 0. The van der Waals surface area contributed by atoms with E-state index in [0.717, 1.165) is 0 Å². The summed E-state index contributed by atoms with van der Waals surface area (Å²) in [5, 5.41) is 3.79. The Labute approximate surface area is 114 Å². The molecule has 0 fully saturated rings. The number of carbonyl (C=O) groups excluding carboxylic acids is 1. The van der Waals surface area contributed by atoms with E-state index < -0.39 is 11.7 Å². The molecule has 0 aliphatic rings. The van der Waals surface area contributed by atoms with Crippen molar-refractivity contribution in [1.82, 2.24) is 10.1 Å². The molecule has 0 spiro atoms. The number of aromatic nitrogens is 2. The summed E-state index contributed by atoms with van der Waals surface area (Å²) >= 11 is 5.69. The van der Waals surface area contributed by atoms with E-state index in [0.29, 0.717) is 11.4 Å². The highest BCUT2D eigenvalue weighted by atomic mass is 35.5. The van der Waals surface area contributed by atoms with Gasteiger partial charge in [0.05, 0.1) is 10.9 Å². The summed E-state index contributed by atoms with van der Waals surface area (Å²) in [6, 6.07) is 4.73. The third-order valence-corrected chi connectivity index (χ3v) is 3.14. The minimum absolute atomic E-state index is 0.0540. The van der Waals surface area contributed by atoms with Gasteiger partial charge >= 0.3 is 0 Å². The van der Waals surface area contributed by atoms with Crippen LogP contribution in [0.1, 0.15) is 37.0 Å². The van der Waals surface area contributed by atoms with Gasteiger partial charge < -0.3 is 4.52 Å². The summed E-state index contributed by atoms with van der Waals surface area (Å²) in [6.07, 6.45) is 0.167. The normalized spacial score (nSPS) is 12.4. The van der Waals surface area contributed by atoms with Crippen LogP contribution in [-0.4, -0.2) is 15.9 Å². The Kier molecular flexibility index (Phi) is 3.95. The minimum Gasteiger partial charge on any atom is -0.339 e. The summed E-state index contributed by atoms with van der Waals surface area (Å²) in [6.45, 7) is 3.13. The zero-order valence-electron chi connectivity index (χ0n) is 10.5. The van der Waals surface area contributed by atoms with Crippen LogP contribution in [0.25, 0.3) is 0 Å². The van der Waals surface area contributed by atoms with Crippen LogP contribution in [0.5, 0.6) is 0 Å². The van der Waals surface area contributed by atoms with Gasteiger partial charge in [0.15, 0.2) is 5.82 Å². The first-order chi connectivity index (χ1) is 8.99. The standard InChI is InChI=1S/C13H12ClFN2O2/c1-7(8(2)18)13-16-11(17-19-13)6-9-4-3-5-10(14)12(9)15/h3-5,7H,6H2,1-2H3. The van der Waals surface area contributed by atoms with Crippen molar-refractivity contribution in [3.63, 3.8) is 0 Å². The smallest absolute Gasteiger partial charge is 0.236 e. The average Bonchev–Trinajstić information content (AvgIpc) is 2.82. The molecular formula is C13H12ClFN2O2. The van der Waals surface area contributed by atoms with Crippen molar-refractivity contribution in [1.29, 1.82) is 0 Å². The third kappa shape index (κ3) is 2.98. The van der Waals surface area contributed by atoms with Crippen LogP contribution in [0.3, 0.4) is 0 Å². The molecule has 0 N–H and O–H groups in total. The van der Waals surface area contributed by atoms with Crippen molar-refractivity contribution in [3.8, 4) is 0 Å². The van der Waals surface area contributed by atoms with Gasteiger partial charge in [0.25, 0.3) is 0 Å². The van der Waals surface area contributed by atoms with E-state index in [1.54, 1.807) is 19.1 Å². The fraction of sp³-hybridized carbons (Fsp3) is 0.308. The first kappa shape index (κ1) is 13.7. The summed E-state index contributed by atoms with van der Waals surface area (Å²) in [4.78, 5) is 15.3. The van der Waals surface area contributed by atoms with E-state index in [-0.39, 0.29) is 23.1 Å². The Morgan fingerprint density at radius 1 is 1.53 bits per heavy atom. The van der Waals surface area contributed by atoms with E-state index in [9.17, 15) is 9.18 Å². The van der Waals surface area contributed by atoms with E-state index in [4.69, 9.17) is 16.1 Å². The highest BCUT2D eigenvalue weighted by Crippen LogP contribution is 2.20. The van der Waals surface area contributed by atoms with Crippen molar-refractivity contribution in [2.24, 2.45) is 0 Å². The second-order valence-electron chi connectivity index (χ2n) is 4.27. The van der Waals surface area contributed by atoms with E-state index in [1.165, 1.54) is 13.0 Å². The molecule has 0 saturated heterocycles. The fourth-order valence-corrected chi connectivity index (χ4v) is 1.74. The molecule has 1 unspecified atom stereocenters. The predicted molar refractivity (Wildman–Crippen MR) is 67.6 cm³/mol. The molecule has 2 rings (SSSR count). The highest BCUT2D eigenvalue weighted by Gasteiger charge is 2.19.